The Morgan fingerprint density at radius 1 is 1.26 bits per heavy atom. The number of ether oxygens (including phenoxy) is 2. The number of nitrogens with one attached hydrogen (secondary N) is 1. The van der Waals surface area contributed by atoms with Crippen LogP contribution >= 0.6 is 34.7 Å². The predicted molar refractivity (Wildman–Crippen MR) is 121 cm³/mol. The number of rotatable bonds is 8. The number of amides is 1. The van der Waals surface area contributed by atoms with E-state index >= 15 is 0 Å². The zero-order valence-electron chi connectivity index (χ0n) is 17.4. The van der Waals surface area contributed by atoms with E-state index in [1.54, 1.807) is 16.7 Å². The fraction of sp³-hybridized carbons (Fsp3) is 0.300. The van der Waals surface area contributed by atoms with E-state index in [1.165, 1.54) is 30.2 Å². The summed E-state index contributed by atoms with van der Waals surface area (Å²) in [5.41, 5.74) is 1.27. The summed E-state index contributed by atoms with van der Waals surface area (Å²) in [6, 6.07) is 7.09. The van der Waals surface area contributed by atoms with E-state index in [0.29, 0.717) is 32.3 Å². The smallest absolute Gasteiger partial charge is 0.340 e. The Morgan fingerprint density at radius 2 is 2.03 bits per heavy atom. The average Bonchev–Trinajstić information content (AvgIpc) is 3.27. The van der Waals surface area contributed by atoms with Gasteiger partial charge in [-0.1, -0.05) is 23.4 Å². The molecule has 1 aromatic carbocycles. The second kappa shape index (κ2) is 10.2. The third-order valence-corrected chi connectivity index (χ3v) is 6.49. The Balaban J connectivity index is 1.57. The number of thiophene rings is 1. The van der Waals surface area contributed by atoms with Crippen molar-refractivity contribution < 1.29 is 19.1 Å². The van der Waals surface area contributed by atoms with E-state index in [2.05, 4.69) is 15.5 Å². The van der Waals surface area contributed by atoms with E-state index in [9.17, 15) is 9.59 Å². The molecule has 0 aliphatic rings. The van der Waals surface area contributed by atoms with Crippen molar-refractivity contribution in [2.24, 2.45) is 7.05 Å². The number of esters is 1. The molecular formula is C20H21ClN4O4S2. The van der Waals surface area contributed by atoms with E-state index in [4.69, 9.17) is 21.1 Å². The quantitative estimate of drug-likeness (QED) is 0.380. The van der Waals surface area contributed by atoms with Crippen molar-refractivity contribution in [3.63, 3.8) is 0 Å². The zero-order chi connectivity index (χ0) is 22.5. The molecule has 0 unspecified atom stereocenters. The van der Waals surface area contributed by atoms with Crippen molar-refractivity contribution in [1.82, 2.24) is 14.8 Å². The van der Waals surface area contributed by atoms with Gasteiger partial charge in [-0.05, 0) is 43.7 Å². The summed E-state index contributed by atoms with van der Waals surface area (Å²) in [6.07, 6.45) is 0. The topological polar surface area (TPSA) is 95.3 Å². The maximum atomic E-state index is 12.4. The van der Waals surface area contributed by atoms with Gasteiger partial charge in [0.1, 0.15) is 17.4 Å². The number of halogens is 1. The van der Waals surface area contributed by atoms with Crippen molar-refractivity contribution in [1.29, 1.82) is 0 Å². The second-order valence-electron chi connectivity index (χ2n) is 6.58. The molecule has 0 atom stereocenters. The summed E-state index contributed by atoms with van der Waals surface area (Å²) in [7, 11) is 3.12. The molecule has 0 radical (unpaired) electrons. The van der Waals surface area contributed by atoms with Gasteiger partial charge in [0.05, 0.1) is 18.4 Å². The van der Waals surface area contributed by atoms with Crippen LogP contribution in [0.1, 0.15) is 26.6 Å². The summed E-state index contributed by atoms with van der Waals surface area (Å²) >= 11 is 8.53. The van der Waals surface area contributed by atoms with Crippen LogP contribution in [0, 0.1) is 13.8 Å². The third kappa shape index (κ3) is 5.78. The highest BCUT2D eigenvalue weighted by molar-refractivity contribution is 7.99. The highest BCUT2D eigenvalue weighted by atomic mass is 35.5. The molecule has 3 aromatic rings. The lowest BCUT2D eigenvalue weighted by Gasteiger charge is -2.09. The SMILES string of the molecule is COC(=O)c1cc(C)sc1NC(=O)CSc1nnc(COc2ccc(Cl)cc2C)n1C. The van der Waals surface area contributed by atoms with Gasteiger partial charge in [-0.3, -0.25) is 4.79 Å². The van der Waals surface area contributed by atoms with Gasteiger partial charge in [0.15, 0.2) is 11.0 Å². The molecule has 164 valence electrons. The molecule has 0 saturated carbocycles. The van der Waals surface area contributed by atoms with Crippen molar-refractivity contribution >= 4 is 51.6 Å². The Morgan fingerprint density at radius 3 is 2.74 bits per heavy atom. The molecule has 0 fully saturated rings. The molecular weight excluding hydrogens is 460 g/mol. The predicted octanol–water partition coefficient (Wildman–Crippen LogP) is 4.24. The minimum atomic E-state index is -0.485. The van der Waals surface area contributed by atoms with Gasteiger partial charge >= 0.3 is 5.97 Å². The first-order valence-corrected chi connectivity index (χ1v) is 11.3. The van der Waals surface area contributed by atoms with Crippen LogP contribution in [0.25, 0.3) is 0 Å². The first-order chi connectivity index (χ1) is 14.8. The Labute approximate surface area is 192 Å². The van der Waals surface area contributed by atoms with E-state index < -0.39 is 5.97 Å². The summed E-state index contributed by atoms with van der Waals surface area (Å²) < 4.78 is 12.3. The maximum absolute atomic E-state index is 12.4. The number of hydrogen-bond acceptors (Lipinski definition) is 8. The van der Waals surface area contributed by atoms with Gasteiger partial charge in [0, 0.05) is 16.9 Å². The van der Waals surface area contributed by atoms with Crippen LogP contribution in [0.4, 0.5) is 5.00 Å². The van der Waals surface area contributed by atoms with Crippen LogP contribution in [0.15, 0.2) is 29.4 Å². The number of aryl methyl sites for hydroxylation is 2. The molecule has 2 aromatic heterocycles. The largest absolute Gasteiger partial charge is 0.485 e. The normalized spacial score (nSPS) is 10.7. The highest BCUT2D eigenvalue weighted by Gasteiger charge is 2.18. The number of anilines is 1. The number of benzene rings is 1. The number of thioether (sulfide) groups is 1. The van der Waals surface area contributed by atoms with Crippen molar-refractivity contribution in [2.75, 3.05) is 18.2 Å². The fourth-order valence-corrected chi connectivity index (χ4v) is 4.55. The summed E-state index contributed by atoms with van der Waals surface area (Å²) in [5, 5.41) is 12.7. The van der Waals surface area contributed by atoms with Gasteiger partial charge in [0.25, 0.3) is 0 Å². The van der Waals surface area contributed by atoms with Crippen LogP contribution in [0.5, 0.6) is 5.75 Å². The van der Waals surface area contributed by atoms with Crippen molar-refractivity contribution in [2.45, 2.75) is 25.6 Å². The van der Waals surface area contributed by atoms with E-state index in [1.807, 2.05) is 33.0 Å². The monoisotopic (exact) mass is 480 g/mol. The number of carbonyl (C=O) groups is 2. The Bertz CT molecular complexity index is 1110. The van der Waals surface area contributed by atoms with Crippen LogP contribution in [0.3, 0.4) is 0 Å². The molecule has 0 aliphatic heterocycles. The molecule has 2 heterocycles. The molecule has 0 aliphatic carbocycles. The molecule has 1 N–H and O–H groups in total. The van der Waals surface area contributed by atoms with Crippen molar-refractivity contribution in [3.8, 4) is 5.75 Å². The van der Waals surface area contributed by atoms with Gasteiger partial charge in [-0.2, -0.15) is 0 Å². The first-order valence-electron chi connectivity index (χ1n) is 9.17. The lowest BCUT2D eigenvalue weighted by molar-refractivity contribution is -0.113. The molecule has 0 spiro atoms. The molecule has 11 heteroatoms. The minimum absolute atomic E-state index is 0.112. The van der Waals surface area contributed by atoms with Crippen LogP contribution in [-0.4, -0.2) is 39.5 Å². The highest BCUT2D eigenvalue weighted by Crippen LogP contribution is 2.29. The van der Waals surface area contributed by atoms with Gasteiger partial charge in [-0.25, -0.2) is 4.79 Å². The van der Waals surface area contributed by atoms with Gasteiger partial charge in [0.2, 0.25) is 5.91 Å². The average molecular weight is 481 g/mol. The summed E-state index contributed by atoms with van der Waals surface area (Å²) in [6.45, 7) is 4.00. The number of methoxy groups -OCH3 is 1. The fourth-order valence-electron chi connectivity index (χ4n) is 2.67. The van der Waals surface area contributed by atoms with Crippen LogP contribution in [-0.2, 0) is 23.2 Å². The standard InChI is InChI=1S/C20H21ClN4O4S2/c1-11-7-13(21)5-6-15(11)29-9-16-23-24-20(25(16)3)30-10-17(26)22-18-14(19(27)28-4)8-12(2)31-18/h5-8H,9-10H2,1-4H3,(H,22,26). The number of aromatic nitrogens is 3. The van der Waals surface area contributed by atoms with Crippen LogP contribution in [0.2, 0.25) is 5.02 Å². The number of hydrogen-bond donors (Lipinski definition) is 1. The lowest BCUT2D eigenvalue weighted by Crippen LogP contribution is -2.16. The zero-order valence-corrected chi connectivity index (χ0v) is 19.8. The van der Waals surface area contributed by atoms with Gasteiger partial charge < -0.3 is 19.4 Å². The second-order valence-corrected chi connectivity index (χ2v) is 9.22. The summed E-state index contributed by atoms with van der Waals surface area (Å²) in [4.78, 5) is 25.1. The Kier molecular flexibility index (Phi) is 7.58. The number of carbonyl (C=O) groups excluding carboxylic acids is 2. The molecule has 0 saturated heterocycles. The van der Waals surface area contributed by atoms with Crippen LogP contribution < -0.4 is 10.1 Å². The molecule has 8 nitrogen and oxygen atoms in total. The number of nitrogens with zero attached hydrogens (tertiary/aromatic N) is 3. The molecule has 3 rings (SSSR count). The lowest BCUT2D eigenvalue weighted by atomic mass is 10.2. The minimum Gasteiger partial charge on any atom is -0.485 e. The van der Waals surface area contributed by atoms with E-state index in [-0.39, 0.29) is 18.3 Å². The Hall–Kier alpha value is -2.56. The summed E-state index contributed by atoms with van der Waals surface area (Å²) in [5.74, 6) is 0.712. The molecule has 0 bridgehead atoms. The van der Waals surface area contributed by atoms with E-state index in [0.717, 1.165) is 10.4 Å². The maximum Gasteiger partial charge on any atom is 0.340 e. The molecule has 1 amide bonds. The third-order valence-electron chi connectivity index (χ3n) is 4.26. The first kappa shape index (κ1) is 23.1. The van der Waals surface area contributed by atoms with Gasteiger partial charge in [-0.15, -0.1) is 21.5 Å². The molecule has 31 heavy (non-hydrogen) atoms. The van der Waals surface area contributed by atoms with Crippen molar-refractivity contribution in [3.05, 3.63) is 51.1 Å².